The number of esters is 1. The lowest BCUT2D eigenvalue weighted by Gasteiger charge is -2.41. The van der Waals surface area contributed by atoms with Crippen LogP contribution in [0.15, 0.2) is 42.5 Å². The third-order valence-corrected chi connectivity index (χ3v) is 4.86. The Kier molecular flexibility index (Phi) is 5.79. The maximum Gasteiger partial charge on any atom is 0.344 e. The molecule has 0 atom stereocenters. The number of nitrogens with one attached hydrogen (secondary N) is 1. The molecule has 3 rings (SSSR count). The van der Waals surface area contributed by atoms with Crippen LogP contribution in [0, 0.1) is 6.92 Å². The van der Waals surface area contributed by atoms with Gasteiger partial charge in [-0.15, -0.1) is 0 Å². The van der Waals surface area contributed by atoms with Crippen molar-refractivity contribution in [3.8, 4) is 5.75 Å². The zero-order valence-electron chi connectivity index (χ0n) is 16.3. The van der Waals surface area contributed by atoms with Crippen LogP contribution in [0.25, 0.3) is 0 Å². The second kappa shape index (κ2) is 8.13. The number of benzene rings is 2. The number of hydrogen-bond acceptors (Lipinski definition) is 5. The average molecular weight is 417 g/mol. The molecule has 2 amide bonds. The number of carbonyl (C=O) groups is 3. The van der Waals surface area contributed by atoms with Gasteiger partial charge in [0.05, 0.1) is 16.4 Å². The Morgan fingerprint density at radius 2 is 1.86 bits per heavy atom. The average Bonchev–Trinajstić information content (AvgIpc) is 2.67. The molecule has 8 heteroatoms. The highest BCUT2D eigenvalue weighted by Gasteiger charge is 2.43. The summed E-state index contributed by atoms with van der Waals surface area (Å²) in [5, 5.41) is 3.15. The van der Waals surface area contributed by atoms with Crippen molar-refractivity contribution in [1.29, 1.82) is 0 Å². The van der Waals surface area contributed by atoms with Gasteiger partial charge in [-0.25, -0.2) is 4.79 Å². The second-order valence-electron chi connectivity index (χ2n) is 7.14. The molecule has 7 nitrogen and oxygen atoms in total. The summed E-state index contributed by atoms with van der Waals surface area (Å²) in [6, 6.07) is 12.1. The molecule has 0 saturated carbocycles. The number of halogens is 1. The molecule has 29 heavy (non-hydrogen) atoms. The SMILES string of the molecule is Cc1ccc(Cl)c(OCC(=O)OCC(=O)N2c3ccccc3NC(=O)C2(C)C)c1. The van der Waals surface area contributed by atoms with Crippen molar-refractivity contribution in [2.75, 3.05) is 23.4 Å². The van der Waals surface area contributed by atoms with Gasteiger partial charge in [-0.3, -0.25) is 14.5 Å². The molecule has 0 fully saturated rings. The van der Waals surface area contributed by atoms with Crippen molar-refractivity contribution in [2.45, 2.75) is 26.3 Å². The van der Waals surface area contributed by atoms with E-state index in [1.807, 2.05) is 13.0 Å². The Morgan fingerprint density at radius 1 is 1.14 bits per heavy atom. The van der Waals surface area contributed by atoms with Crippen LogP contribution < -0.4 is 15.0 Å². The molecule has 2 aromatic carbocycles. The standard InChI is InChI=1S/C21H21ClN2O5/c1-13-8-9-14(22)17(10-13)28-12-19(26)29-11-18(25)24-16-7-5-4-6-15(16)23-20(27)21(24,2)3/h4-10H,11-12H2,1-3H3,(H,23,27). The molecule has 0 aromatic heterocycles. The minimum absolute atomic E-state index is 0.326. The molecule has 0 unspecified atom stereocenters. The maximum absolute atomic E-state index is 12.8. The number of para-hydroxylation sites is 2. The molecule has 0 saturated heterocycles. The van der Waals surface area contributed by atoms with Crippen LogP contribution in [0.4, 0.5) is 11.4 Å². The van der Waals surface area contributed by atoms with Crippen LogP contribution in [0.1, 0.15) is 19.4 Å². The van der Waals surface area contributed by atoms with Gasteiger partial charge in [-0.1, -0.05) is 29.8 Å². The van der Waals surface area contributed by atoms with E-state index in [1.54, 1.807) is 50.2 Å². The highest BCUT2D eigenvalue weighted by Crippen LogP contribution is 2.36. The number of ether oxygens (including phenoxy) is 2. The topological polar surface area (TPSA) is 84.9 Å². The molecule has 1 heterocycles. The van der Waals surface area contributed by atoms with E-state index < -0.39 is 30.6 Å². The van der Waals surface area contributed by atoms with Crippen molar-refractivity contribution < 1.29 is 23.9 Å². The van der Waals surface area contributed by atoms with Crippen LogP contribution in [-0.4, -0.2) is 36.5 Å². The number of rotatable bonds is 5. The third kappa shape index (κ3) is 4.35. The first kappa shape index (κ1) is 20.7. The molecule has 1 N–H and O–H groups in total. The summed E-state index contributed by atoms with van der Waals surface area (Å²) >= 11 is 6.03. The van der Waals surface area contributed by atoms with E-state index in [2.05, 4.69) is 5.32 Å². The molecule has 1 aliphatic rings. The molecule has 0 spiro atoms. The first-order valence-electron chi connectivity index (χ1n) is 8.98. The summed E-state index contributed by atoms with van der Waals surface area (Å²) in [6.07, 6.45) is 0. The number of nitrogens with zero attached hydrogens (tertiary/aromatic N) is 1. The number of aryl methyl sites for hydroxylation is 1. The van der Waals surface area contributed by atoms with Crippen LogP contribution in [0.3, 0.4) is 0 Å². The molecule has 0 bridgehead atoms. The van der Waals surface area contributed by atoms with E-state index in [4.69, 9.17) is 21.1 Å². The molecule has 0 aliphatic carbocycles. The lowest BCUT2D eigenvalue weighted by atomic mass is 9.96. The van der Waals surface area contributed by atoms with Crippen molar-refractivity contribution >= 4 is 40.8 Å². The Bertz CT molecular complexity index is 973. The Labute approximate surface area is 173 Å². The zero-order valence-corrected chi connectivity index (χ0v) is 17.1. The molecule has 0 radical (unpaired) electrons. The summed E-state index contributed by atoms with van der Waals surface area (Å²) in [5.41, 5.74) is 0.857. The third-order valence-electron chi connectivity index (χ3n) is 4.55. The van der Waals surface area contributed by atoms with Crippen molar-refractivity contribution in [3.63, 3.8) is 0 Å². The van der Waals surface area contributed by atoms with Crippen molar-refractivity contribution in [1.82, 2.24) is 0 Å². The summed E-state index contributed by atoms with van der Waals surface area (Å²) in [5.74, 6) is -1.20. The van der Waals surface area contributed by atoms with Gasteiger partial charge < -0.3 is 14.8 Å². The van der Waals surface area contributed by atoms with Crippen LogP contribution in [-0.2, 0) is 19.1 Å². The van der Waals surface area contributed by atoms with Crippen molar-refractivity contribution in [2.24, 2.45) is 0 Å². The molecular weight excluding hydrogens is 396 g/mol. The maximum atomic E-state index is 12.8. The summed E-state index contributed by atoms with van der Waals surface area (Å²) in [7, 11) is 0. The van der Waals surface area contributed by atoms with Gasteiger partial charge in [0.25, 0.3) is 5.91 Å². The van der Waals surface area contributed by atoms with Gasteiger partial charge in [0, 0.05) is 0 Å². The van der Waals surface area contributed by atoms with Gasteiger partial charge >= 0.3 is 5.97 Å². The minimum atomic E-state index is -1.14. The van der Waals surface area contributed by atoms with Gasteiger partial charge in [0.15, 0.2) is 13.2 Å². The van der Waals surface area contributed by atoms with Crippen LogP contribution in [0.5, 0.6) is 5.75 Å². The van der Waals surface area contributed by atoms with E-state index in [1.165, 1.54) is 4.90 Å². The highest BCUT2D eigenvalue weighted by atomic mass is 35.5. The smallest absolute Gasteiger partial charge is 0.344 e. The number of amides is 2. The van der Waals surface area contributed by atoms with Crippen LogP contribution >= 0.6 is 11.6 Å². The lowest BCUT2D eigenvalue weighted by Crippen LogP contribution is -2.59. The minimum Gasteiger partial charge on any atom is -0.480 e. The normalized spacial score (nSPS) is 14.6. The number of carbonyl (C=O) groups excluding carboxylic acids is 3. The van der Waals surface area contributed by atoms with E-state index in [9.17, 15) is 14.4 Å². The molecule has 2 aromatic rings. The summed E-state index contributed by atoms with van der Waals surface area (Å²) in [4.78, 5) is 38.6. The monoisotopic (exact) mass is 416 g/mol. The highest BCUT2D eigenvalue weighted by molar-refractivity contribution is 6.32. The van der Waals surface area contributed by atoms with Gasteiger partial charge in [0.1, 0.15) is 11.3 Å². The fourth-order valence-corrected chi connectivity index (χ4v) is 3.18. The predicted molar refractivity (Wildman–Crippen MR) is 109 cm³/mol. The van der Waals surface area contributed by atoms with Gasteiger partial charge in [-0.05, 0) is 50.6 Å². The predicted octanol–water partition coefficient (Wildman–Crippen LogP) is 3.33. The van der Waals surface area contributed by atoms with E-state index >= 15 is 0 Å². The van der Waals surface area contributed by atoms with Gasteiger partial charge in [0.2, 0.25) is 5.91 Å². The second-order valence-corrected chi connectivity index (χ2v) is 7.55. The first-order valence-corrected chi connectivity index (χ1v) is 9.36. The Hall–Kier alpha value is -3.06. The quantitative estimate of drug-likeness (QED) is 0.755. The number of anilines is 2. The van der Waals surface area contributed by atoms with E-state index in [-0.39, 0.29) is 5.91 Å². The lowest BCUT2D eigenvalue weighted by molar-refractivity contribution is -0.150. The zero-order chi connectivity index (χ0) is 21.2. The Morgan fingerprint density at radius 3 is 2.62 bits per heavy atom. The number of hydrogen-bond donors (Lipinski definition) is 1. The summed E-state index contributed by atoms with van der Waals surface area (Å²) < 4.78 is 10.4. The molecule has 1 aliphatic heterocycles. The largest absolute Gasteiger partial charge is 0.480 e. The van der Waals surface area contributed by atoms with Gasteiger partial charge in [-0.2, -0.15) is 0 Å². The first-order chi connectivity index (χ1) is 13.7. The Balaban J connectivity index is 1.64. The van der Waals surface area contributed by atoms with E-state index in [0.29, 0.717) is 22.1 Å². The molecule has 152 valence electrons. The fourth-order valence-electron chi connectivity index (χ4n) is 3.00. The van der Waals surface area contributed by atoms with Crippen LogP contribution in [0.2, 0.25) is 5.02 Å². The number of fused-ring (bicyclic) bond motifs is 1. The van der Waals surface area contributed by atoms with Crippen molar-refractivity contribution in [3.05, 3.63) is 53.1 Å². The molecular formula is C21H21ClN2O5. The fraction of sp³-hybridized carbons (Fsp3) is 0.286. The van der Waals surface area contributed by atoms with E-state index in [0.717, 1.165) is 5.56 Å². The summed E-state index contributed by atoms with van der Waals surface area (Å²) in [6.45, 7) is 4.21.